The number of nitrogens with zero attached hydrogens (tertiary/aromatic N) is 7. The predicted molar refractivity (Wildman–Crippen MR) is 120 cm³/mol. The van der Waals surface area contributed by atoms with Crippen LogP contribution < -0.4 is 5.32 Å². The molecule has 188 valence electrons. The van der Waals surface area contributed by atoms with E-state index in [0.29, 0.717) is 0 Å². The van der Waals surface area contributed by atoms with Crippen molar-refractivity contribution in [3.8, 4) is 17.5 Å². The van der Waals surface area contributed by atoms with Gasteiger partial charge in [-0.3, -0.25) is 4.79 Å². The molecule has 11 nitrogen and oxygen atoms in total. The standard InChI is InChI=1S/C21H19F3N8O3S/c1-5-36(34,35)19-15(17-28-11-8-14(21(22,23)24)27-9-13(11)31(17)4)16-26-7-6-12(32(16)30-19)18(33)29-20(2,3)10-25/h6-9H,5H2,1-4H3,(H,29,33). The lowest BCUT2D eigenvalue weighted by molar-refractivity contribution is -0.141. The summed E-state index contributed by atoms with van der Waals surface area (Å²) in [5.41, 5.74) is -2.51. The minimum Gasteiger partial charge on any atom is -0.333 e. The molecule has 0 saturated carbocycles. The molecular weight excluding hydrogens is 501 g/mol. The summed E-state index contributed by atoms with van der Waals surface area (Å²) >= 11 is 0. The minimum atomic E-state index is -4.70. The molecule has 0 fully saturated rings. The lowest BCUT2D eigenvalue weighted by atomic mass is 10.1. The van der Waals surface area contributed by atoms with Gasteiger partial charge in [0.25, 0.3) is 5.91 Å². The van der Waals surface area contributed by atoms with E-state index in [9.17, 15) is 31.6 Å². The van der Waals surface area contributed by atoms with Gasteiger partial charge in [-0.25, -0.2) is 27.9 Å². The summed E-state index contributed by atoms with van der Waals surface area (Å²) in [5.74, 6) is -1.10. The number of alkyl halides is 3. The Kier molecular flexibility index (Phi) is 5.75. The highest BCUT2D eigenvalue weighted by atomic mass is 32.2. The maximum Gasteiger partial charge on any atom is 0.433 e. The van der Waals surface area contributed by atoms with Crippen LogP contribution in [0.3, 0.4) is 0 Å². The summed E-state index contributed by atoms with van der Waals surface area (Å²) in [5, 5.41) is 15.5. The average molecular weight is 520 g/mol. The number of imidazole rings is 1. The highest BCUT2D eigenvalue weighted by molar-refractivity contribution is 7.91. The molecule has 1 amide bonds. The van der Waals surface area contributed by atoms with E-state index in [1.54, 1.807) is 0 Å². The van der Waals surface area contributed by atoms with E-state index in [0.717, 1.165) is 16.8 Å². The Morgan fingerprint density at radius 1 is 1.25 bits per heavy atom. The number of hydrogen-bond acceptors (Lipinski definition) is 8. The number of halogens is 3. The summed E-state index contributed by atoms with van der Waals surface area (Å²) in [6, 6.07) is 3.98. The molecule has 0 unspecified atom stereocenters. The Bertz CT molecular complexity index is 1680. The average Bonchev–Trinajstić information content (AvgIpc) is 3.36. The number of nitrogens with one attached hydrogen (secondary N) is 1. The maximum absolute atomic E-state index is 13.2. The second-order valence-electron chi connectivity index (χ2n) is 8.39. The minimum absolute atomic E-state index is 0.0319. The van der Waals surface area contributed by atoms with Crippen LogP contribution in [0.4, 0.5) is 13.2 Å². The Morgan fingerprint density at radius 3 is 2.56 bits per heavy atom. The molecule has 0 spiro atoms. The van der Waals surface area contributed by atoms with E-state index >= 15 is 0 Å². The van der Waals surface area contributed by atoms with Crippen LogP contribution in [0.15, 0.2) is 29.6 Å². The Labute approximate surface area is 202 Å². The molecule has 4 aromatic rings. The van der Waals surface area contributed by atoms with Crippen molar-refractivity contribution in [2.75, 3.05) is 5.75 Å². The van der Waals surface area contributed by atoms with Gasteiger partial charge in [-0.1, -0.05) is 6.92 Å². The van der Waals surface area contributed by atoms with E-state index in [1.807, 2.05) is 6.07 Å². The molecule has 0 atom stereocenters. The molecule has 0 saturated heterocycles. The van der Waals surface area contributed by atoms with E-state index in [1.165, 1.54) is 44.6 Å². The first-order chi connectivity index (χ1) is 16.7. The summed E-state index contributed by atoms with van der Waals surface area (Å²) < 4.78 is 67.9. The van der Waals surface area contributed by atoms with Crippen LogP contribution in [0.2, 0.25) is 0 Å². The normalized spacial score (nSPS) is 12.7. The Balaban J connectivity index is 2.03. The number of aryl methyl sites for hydroxylation is 1. The van der Waals surface area contributed by atoms with Gasteiger partial charge in [0.1, 0.15) is 28.3 Å². The molecule has 4 aromatic heterocycles. The van der Waals surface area contributed by atoms with Gasteiger partial charge in [0, 0.05) is 13.2 Å². The number of nitriles is 1. The molecule has 15 heteroatoms. The monoisotopic (exact) mass is 520 g/mol. The molecule has 1 N–H and O–H groups in total. The van der Waals surface area contributed by atoms with Crippen molar-refractivity contribution in [1.29, 1.82) is 5.26 Å². The second-order valence-corrected chi connectivity index (χ2v) is 10.6. The molecule has 0 aliphatic carbocycles. The van der Waals surface area contributed by atoms with Crippen molar-refractivity contribution in [2.24, 2.45) is 7.05 Å². The smallest absolute Gasteiger partial charge is 0.333 e. The summed E-state index contributed by atoms with van der Waals surface area (Å²) in [7, 11) is -2.53. The number of pyridine rings is 1. The van der Waals surface area contributed by atoms with Gasteiger partial charge in [0.05, 0.1) is 29.1 Å². The van der Waals surface area contributed by atoms with Crippen LogP contribution in [0.25, 0.3) is 28.1 Å². The third kappa shape index (κ3) is 4.13. The van der Waals surface area contributed by atoms with Crippen molar-refractivity contribution in [1.82, 2.24) is 34.4 Å². The number of rotatable bonds is 5. The van der Waals surface area contributed by atoms with Gasteiger partial charge in [0.15, 0.2) is 20.5 Å². The molecule has 0 bridgehead atoms. The molecule has 0 aromatic carbocycles. The number of amides is 1. The quantitative estimate of drug-likeness (QED) is 0.422. The van der Waals surface area contributed by atoms with Crippen molar-refractivity contribution < 1.29 is 26.4 Å². The maximum atomic E-state index is 13.2. The number of hydrogen-bond donors (Lipinski definition) is 1. The van der Waals surface area contributed by atoms with Gasteiger partial charge in [-0.15, -0.1) is 0 Å². The molecule has 0 aliphatic heterocycles. The van der Waals surface area contributed by atoms with Crippen molar-refractivity contribution >= 4 is 32.4 Å². The largest absolute Gasteiger partial charge is 0.433 e. The SMILES string of the molecule is CCS(=O)(=O)c1nn2c(C(=O)NC(C)(C)C#N)ccnc2c1-c1nc2cc(C(F)(F)F)ncc2n1C. The molecule has 0 aliphatic rings. The van der Waals surface area contributed by atoms with Gasteiger partial charge >= 0.3 is 6.18 Å². The third-order valence-electron chi connectivity index (χ3n) is 5.38. The first-order valence-electron chi connectivity index (χ1n) is 10.4. The van der Waals surface area contributed by atoms with Crippen LogP contribution in [-0.2, 0) is 23.1 Å². The van der Waals surface area contributed by atoms with Crippen LogP contribution in [0, 0.1) is 11.3 Å². The lowest BCUT2D eigenvalue weighted by Crippen LogP contribution is -2.42. The molecule has 36 heavy (non-hydrogen) atoms. The highest BCUT2D eigenvalue weighted by Crippen LogP contribution is 2.34. The second kappa shape index (κ2) is 8.26. The molecule has 4 rings (SSSR count). The van der Waals surface area contributed by atoms with Gasteiger partial charge < -0.3 is 9.88 Å². The topological polar surface area (TPSA) is 148 Å². The Morgan fingerprint density at radius 2 is 1.94 bits per heavy atom. The number of sulfone groups is 1. The van der Waals surface area contributed by atoms with E-state index < -0.39 is 38.2 Å². The fourth-order valence-electron chi connectivity index (χ4n) is 3.49. The fourth-order valence-corrected chi connectivity index (χ4v) is 4.46. The predicted octanol–water partition coefficient (Wildman–Crippen LogP) is 2.52. The van der Waals surface area contributed by atoms with Crippen molar-refractivity contribution in [3.63, 3.8) is 0 Å². The van der Waals surface area contributed by atoms with E-state index in [-0.39, 0.29) is 39.5 Å². The third-order valence-corrected chi connectivity index (χ3v) is 7.02. The zero-order valence-corrected chi connectivity index (χ0v) is 20.2. The number of aromatic nitrogens is 6. The van der Waals surface area contributed by atoms with Crippen LogP contribution in [-0.4, -0.2) is 54.7 Å². The first-order valence-corrected chi connectivity index (χ1v) is 12.1. The van der Waals surface area contributed by atoms with E-state index in [4.69, 9.17) is 0 Å². The van der Waals surface area contributed by atoms with Gasteiger partial charge in [-0.2, -0.15) is 23.5 Å². The molecular formula is C21H19F3N8O3S. The fraction of sp³-hybridized carbons (Fsp3) is 0.333. The number of carbonyl (C=O) groups excluding carboxylic acids is 1. The van der Waals surface area contributed by atoms with Crippen LogP contribution in [0.1, 0.15) is 37.0 Å². The van der Waals surface area contributed by atoms with Crippen LogP contribution >= 0.6 is 0 Å². The number of carbonyl (C=O) groups is 1. The van der Waals surface area contributed by atoms with Gasteiger partial charge in [-0.05, 0) is 26.0 Å². The van der Waals surface area contributed by atoms with Gasteiger partial charge in [0.2, 0.25) is 0 Å². The van der Waals surface area contributed by atoms with E-state index in [2.05, 4.69) is 25.4 Å². The highest BCUT2D eigenvalue weighted by Gasteiger charge is 2.34. The summed E-state index contributed by atoms with van der Waals surface area (Å²) in [6.45, 7) is 4.36. The van der Waals surface area contributed by atoms with Crippen molar-refractivity contribution in [3.05, 3.63) is 35.9 Å². The van der Waals surface area contributed by atoms with Crippen LogP contribution in [0.5, 0.6) is 0 Å². The first kappa shape index (κ1) is 25.0. The Hall–Kier alpha value is -4.06. The van der Waals surface area contributed by atoms with Crippen molar-refractivity contribution in [2.45, 2.75) is 37.5 Å². The number of fused-ring (bicyclic) bond motifs is 2. The summed E-state index contributed by atoms with van der Waals surface area (Å²) in [6.07, 6.45) is -2.46. The molecule has 0 radical (unpaired) electrons. The zero-order valence-electron chi connectivity index (χ0n) is 19.4. The zero-order chi connectivity index (χ0) is 26.6. The molecule has 4 heterocycles. The summed E-state index contributed by atoms with van der Waals surface area (Å²) in [4.78, 5) is 24.8. The lowest BCUT2D eigenvalue weighted by Gasteiger charge is -2.17.